The van der Waals surface area contributed by atoms with E-state index in [4.69, 9.17) is 4.74 Å². The van der Waals surface area contributed by atoms with E-state index in [0.29, 0.717) is 12.5 Å². The van der Waals surface area contributed by atoms with Gasteiger partial charge in [-0.2, -0.15) is 0 Å². The summed E-state index contributed by atoms with van der Waals surface area (Å²) in [5.74, 6) is 0.875. The van der Waals surface area contributed by atoms with E-state index in [2.05, 4.69) is 34.6 Å². The number of ether oxygens (including phenoxy) is 1. The molecule has 0 aliphatic rings. The lowest BCUT2D eigenvalue weighted by atomic mass is 9.62. The molecule has 1 atom stereocenters. The minimum Gasteiger partial charge on any atom is -0.384 e. The van der Waals surface area contributed by atoms with Gasteiger partial charge in [-0.25, -0.2) is 0 Å². The average Bonchev–Trinajstić information content (AvgIpc) is 2.09. The summed E-state index contributed by atoms with van der Waals surface area (Å²) < 4.78 is 5.31. The van der Waals surface area contributed by atoms with Gasteiger partial charge in [0.15, 0.2) is 0 Å². The van der Waals surface area contributed by atoms with Crippen LogP contribution >= 0.6 is 0 Å². The maximum absolute atomic E-state index is 12.0. The molecule has 0 aliphatic carbocycles. The Labute approximate surface area is 101 Å². The summed E-state index contributed by atoms with van der Waals surface area (Å²) in [4.78, 5) is 12.0. The third kappa shape index (κ3) is 3.58. The number of carbonyl (C=O) groups excluding carboxylic acids is 1. The lowest BCUT2D eigenvalue weighted by Crippen LogP contribution is -2.45. The second-order valence-corrected chi connectivity index (χ2v) is 6.25. The van der Waals surface area contributed by atoms with E-state index < -0.39 is 0 Å². The molecule has 0 amide bonds. The van der Waals surface area contributed by atoms with Gasteiger partial charge in [0.05, 0.1) is 12.0 Å². The molecule has 0 radical (unpaired) electrons. The van der Waals surface area contributed by atoms with Gasteiger partial charge in [-0.15, -0.1) is 0 Å². The second kappa shape index (κ2) is 5.81. The summed E-state index contributed by atoms with van der Waals surface area (Å²) in [5, 5.41) is 0. The van der Waals surface area contributed by atoms with Crippen LogP contribution in [0, 0.1) is 16.7 Å². The fraction of sp³-hybridized carbons (Fsp3) is 0.929. The third-order valence-corrected chi connectivity index (χ3v) is 3.65. The van der Waals surface area contributed by atoms with Gasteiger partial charge in [0.25, 0.3) is 0 Å². The van der Waals surface area contributed by atoms with E-state index in [0.717, 1.165) is 12.8 Å². The molecule has 0 saturated heterocycles. The Morgan fingerprint density at radius 1 is 1.25 bits per heavy atom. The predicted molar refractivity (Wildman–Crippen MR) is 68.5 cm³/mol. The first-order valence-electron chi connectivity index (χ1n) is 6.17. The van der Waals surface area contributed by atoms with E-state index in [-0.39, 0.29) is 16.6 Å². The highest BCUT2D eigenvalue weighted by molar-refractivity contribution is 5.83. The van der Waals surface area contributed by atoms with Gasteiger partial charge >= 0.3 is 0 Å². The van der Waals surface area contributed by atoms with E-state index in [9.17, 15) is 4.79 Å². The van der Waals surface area contributed by atoms with Gasteiger partial charge in [0, 0.05) is 7.11 Å². The Morgan fingerprint density at radius 3 is 2.00 bits per heavy atom. The minimum absolute atomic E-state index is 0.0519. The molecule has 0 heterocycles. The number of carbonyl (C=O) groups is 1. The van der Waals surface area contributed by atoms with Crippen molar-refractivity contribution in [3.63, 3.8) is 0 Å². The Morgan fingerprint density at radius 2 is 1.75 bits per heavy atom. The van der Waals surface area contributed by atoms with Crippen LogP contribution in [0.15, 0.2) is 0 Å². The highest BCUT2D eigenvalue weighted by Gasteiger charge is 2.45. The number of hydrogen-bond acceptors (Lipinski definition) is 2. The maximum Gasteiger partial charge on any atom is 0.138 e. The average molecular weight is 228 g/mol. The lowest BCUT2D eigenvalue weighted by Gasteiger charge is -2.43. The quantitative estimate of drug-likeness (QED) is 0.693. The molecular weight excluding hydrogens is 200 g/mol. The van der Waals surface area contributed by atoms with Crippen molar-refractivity contribution in [3.05, 3.63) is 0 Å². The molecule has 0 fully saturated rings. The summed E-state index contributed by atoms with van der Waals surface area (Å²) in [6.45, 7) is 13.0. The topological polar surface area (TPSA) is 26.3 Å². The van der Waals surface area contributed by atoms with Crippen molar-refractivity contribution in [2.24, 2.45) is 16.7 Å². The van der Waals surface area contributed by atoms with E-state index in [1.54, 1.807) is 14.0 Å². The largest absolute Gasteiger partial charge is 0.384 e. The van der Waals surface area contributed by atoms with E-state index in [1.807, 2.05) is 0 Å². The molecule has 0 bridgehead atoms. The van der Waals surface area contributed by atoms with Crippen LogP contribution in [-0.2, 0) is 9.53 Å². The lowest BCUT2D eigenvalue weighted by molar-refractivity contribution is -0.139. The van der Waals surface area contributed by atoms with Crippen LogP contribution in [0.1, 0.15) is 54.4 Å². The van der Waals surface area contributed by atoms with Gasteiger partial charge < -0.3 is 4.74 Å². The fourth-order valence-corrected chi connectivity index (χ4v) is 2.25. The minimum atomic E-state index is -0.341. The first kappa shape index (κ1) is 15.6. The van der Waals surface area contributed by atoms with Crippen molar-refractivity contribution in [2.45, 2.75) is 54.4 Å². The third-order valence-electron chi connectivity index (χ3n) is 3.65. The number of Topliss-reactive ketones (excluding diaryl/α,β-unsaturated/α-hetero) is 1. The molecule has 0 N–H and O–H groups in total. The molecule has 96 valence electrons. The molecule has 0 aromatic carbocycles. The zero-order valence-electron chi connectivity index (χ0n) is 12.0. The Balaban J connectivity index is 5.03. The molecule has 0 saturated carbocycles. The van der Waals surface area contributed by atoms with Crippen molar-refractivity contribution in [2.75, 3.05) is 13.7 Å². The molecule has 2 nitrogen and oxygen atoms in total. The fourth-order valence-electron chi connectivity index (χ4n) is 2.25. The van der Waals surface area contributed by atoms with Gasteiger partial charge in [-0.05, 0) is 31.1 Å². The van der Waals surface area contributed by atoms with Crippen molar-refractivity contribution in [1.29, 1.82) is 0 Å². The molecule has 0 spiro atoms. The molecule has 2 heteroatoms. The normalized spacial score (nSPS) is 16.2. The summed E-state index contributed by atoms with van der Waals surface area (Å²) in [6, 6.07) is 0. The molecular formula is C14H28O2. The second-order valence-electron chi connectivity index (χ2n) is 6.25. The van der Waals surface area contributed by atoms with Crippen LogP contribution in [0.3, 0.4) is 0 Å². The van der Waals surface area contributed by atoms with Crippen molar-refractivity contribution >= 4 is 5.78 Å². The summed E-state index contributed by atoms with van der Waals surface area (Å²) in [5.41, 5.74) is -0.393. The number of hydrogen-bond donors (Lipinski definition) is 0. The Hall–Kier alpha value is -0.370. The van der Waals surface area contributed by atoms with E-state index >= 15 is 0 Å². The standard InChI is InChI=1S/C14H28O2/c1-11(2)8-9-14(10-16-7,12(3)15)13(4,5)6/h11H,8-10H2,1-7H3. The Kier molecular flexibility index (Phi) is 5.67. The predicted octanol–water partition coefficient (Wildman–Crippen LogP) is 3.69. The number of rotatable bonds is 6. The summed E-state index contributed by atoms with van der Waals surface area (Å²) >= 11 is 0. The zero-order chi connectivity index (χ0) is 13.0. The van der Waals surface area contributed by atoms with E-state index in [1.165, 1.54) is 0 Å². The SMILES string of the molecule is COCC(CCC(C)C)(C(C)=O)C(C)(C)C. The summed E-state index contributed by atoms with van der Waals surface area (Å²) in [7, 11) is 1.68. The van der Waals surface area contributed by atoms with Crippen LogP contribution in [0.4, 0.5) is 0 Å². The molecule has 0 aliphatic heterocycles. The molecule has 0 aromatic rings. The highest BCUT2D eigenvalue weighted by Crippen LogP contribution is 2.44. The first-order chi connectivity index (χ1) is 7.17. The zero-order valence-corrected chi connectivity index (χ0v) is 12.0. The number of methoxy groups -OCH3 is 1. The molecule has 16 heavy (non-hydrogen) atoms. The Bertz CT molecular complexity index is 225. The smallest absolute Gasteiger partial charge is 0.138 e. The van der Waals surface area contributed by atoms with Crippen molar-refractivity contribution in [1.82, 2.24) is 0 Å². The molecule has 0 rings (SSSR count). The molecule has 0 aromatic heterocycles. The van der Waals surface area contributed by atoms with Gasteiger partial charge in [-0.1, -0.05) is 34.6 Å². The van der Waals surface area contributed by atoms with Crippen LogP contribution < -0.4 is 0 Å². The van der Waals surface area contributed by atoms with Crippen molar-refractivity contribution < 1.29 is 9.53 Å². The number of ketones is 1. The van der Waals surface area contributed by atoms with Crippen LogP contribution in [0.2, 0.25) is 0 Å². The monoisotopic (exact) mass is 228 g/mol. The van der Waals surface area contributed by atoms with Gasteiger partial charge in [0.2, 0.25) is 0 Å². The van der Waals surface area contributed by atoms with Gasteiger partial charge in [-0.3, -0.25) is 4.79 Å². The first-order valence-corrected chi connectivity index (χ1v) is 6.17. The van der Waals surface area contributed by atoms with Crippen molar-refractivity contribution in [3.8, 4) is 0 Å². The highest BCUT2D eigenvalue weighted by atomic mass is 16.5. The van der Waals surface area contributed by atoms with Gasteiger partial charge in [0.1, 0.15) is 5.78 Å². The maximum atomic E-state index is 12.0. The molecule has 1 unspecified atom stereocenters. The van der Waals surface area contributed by atoms with Crippen LogP contribution in [0.5, 0.6) is 0 Å². The van der Waals surface area contributed by atoms with Crippen LogP contribution in [0.25, 0.3) is 0 Å². The summed E-state index contributed by atoms with van der Waals surface area (Å²) in [6.07, 6.45) is 1.98. The van der Waals surface area contributed by atoms with Crippen LogP contribution in [-0.4, -0.2) is 19.5 Å².